The quantitative estimate of drug-likeness (QED) is 0.811. The van der Waals surface area contributed by atoms with Crippen LogP contribution in [0, 0.1) is 0 Å². The van der Waals surface area contributed by atoms with E-state index >= 15 is 0 Å². The van der Waals surface area contributed by atoms with Crippen LogP contribution in [0.1, 0.15) is 31.1 Å². The highest BCUT2D eigenvalue weighted by Crippen LogP contribution is 1.98. The summed E-state index contributed by atoms with van der Waals surface area (Å²) in [6.07, 6.45) is 3.04. The monoisotopic (exact) mass is 235 g/mol. The molecule has 0 aliphatic rings. The van der Waals surface area contributed by atoms with Gasteiger partial charge in [-0.25, -0.2) is 0 Å². The summed E-state index contributed by atoms with van der Waals surface area (Å²) in [5.41, 5.74) is 0.145. The first kappa shape index (κ1) is 13.2. The maximum Gasteiger partial charge on any atom is 0.253 e. The van der Waals surface area contributed by atoms with Gasteiger partial charge in [-0.15, -0.1) is 0 Å². The normalized spacial score (nSPS) is 10.8. The van der Waals surface area contributed by atoms with Crippen molar-refractivity contribution in [1.29, 1.82) is 0 Å². The Balaban J connectivity index is 2.42. The molecule has 0 saturated heterocycles. The number of hydrogen-bond acceptors (Lipinski definition) is 3. The fraction of sp³-hybridized carbons (Fsp3) is 0.417. The molecular weight excluding hydrogens is 218 g/mol. The average Bonchev–Trinajstić information content (AvgIpc) is 2.25. The van der Waals surface area contributed by atoms with E-state index in [4.69, 9.17) is 0 Å². The smallest absolute Gasteiger partial charge is 0.253 e. The van der Waals surface area contributed by atoms with E-state index in [1.54, 1.807) is 18.3 Å². The highest BCUT2D eigenvalue weighted by molar-refractivity contribution is 5.96. The van der Waals surface area contributed by atoms with Gasteiger partial charge in [-0.1, -0.05) is 0 Å². The molecule has 0 aliphatic carbocycles. The van der Waals surface area contributed by atoms with Gasteiger partial charge in [0.25, 0.3) is 5.91 Å². The van der Waals surface area contributed by atoms with Crippen LogP contribution in [0.2, 0.25) is 0 Å². The predicted octanol–water partition coefficient (Wildman–Crippen LogP) is 0.726. The first-order valence-corrected chi connectivity index (χ1v) is 5.38. The Hall–Kier alpha value is -1.91. The molecule has 0 unspecified atom stereocenters. The van der Waals surface area contributed by atoms with Crippen molar-refractivity contribution in [2.75, 3.05) is 6.54 Å². The third-order valence-corrected chi connectivity index (χ3v) is 1.85. The predicted molar refractivity (Wildman–Crippen MR) is 64.5 cm³/mol. The van der Waals surface area contributed by atoms with Crippen molar-refractivity contribution in [1.82, 2.24) is 15.6 Å². The fourth-order valence-electron chi connectivity index (χ4n) is 1.22. The van der Waals surface area contributed by atoms with Crippen molar-refractivity contribution >= 4 is 11.8 Å². The number of pyridine rings is 1. The van der Waals surface area contributed by atoms with E-state index in [0.717, 1.165) is 0 Å². The van der Waals surface area contributed by atoms with Gasteiger partial charge < -0.3 is 10.6 Å². The number of carbonyl (C=O) groups excluding carboxylic acids is 2. The van der Waals surface area contributed by atoms with Gasteiger partial charge >= 0.3 is 0 Å². The third-order valence-electron chi connectivity index (χ3n) is 1.85. The summed E-state index contributed by atoms with van der Waals surface area (Å²) < 4.78 is 0. The molecule has 2 amide bonds. The number of aromatic nitrogens is 1. The highest BCUT2D eigenvalue weighted by Gasteiger charge is 2.14. The van der Waals surface area contributed by atoms with Crippen LogP contribution in [0.5, 0.6) is 0 Å². The van der Waals surface area contributed by atoms with Crippen molar-refractivity contribution in [3.8, 4) is 0 Å². The molecule has 0 fully saturated rings. The lowest BCUT2D eigenvalue weighted by Crippen LogP contribution is -2.45. The van der Waals surface area contributed by atoms with Crippen LogP contribution in [0.25, 0.3) is 0 Å². The van der Waals surface area contributed by atoms with E-state index < -0.39 is 0 Å². The Morgan fingerprint density at radius 3 is 2.59 bits per heavy atom. The highest BCUT2D eigenvalue weighted by atomic mass is 16.2. The summed E-state index contributed by atoms with van der Waals surface area (Å²) in [7, 11) is 0. The van der Waals surface area contributed by atoms with Gasteiger partial charge in [0.15, 0.2) is 0 Å². The maximum absolute atomic E-state index is 11.6. The second kappa shape index (κ2) is 5.43. The molecule has 17 heavy (non-hydrogen) atoms. The molecule has 0 radical (unpaired) electrons. The van der Waals surface area contributed by atoms with Crippen LogP contribution in [0.3, 0.4) is 0 Å². The van der Waals surface area contributed by atoms with Crippen LogP contribution in [-0.2, 0) is 4.79 Å². The topological polar surface area (TPSA) is 71.1 Å². The molecule has 1 aromatic rings. The molecule has 2 N–H and O–H groups in total. The van der Waals surface area contributed by atoms with Gasteiger partial charge in [0, 0.05) is 17.9 Å². The second-order valence-corrected chi connectivity index (χ2v) is 4.72. The summed E-state index contributed by atoms with van der Waals surface area (Å²) in [4.78, 5) is 26.9. The van der Waals surface area contributed by atoms with Gasteiger partial charge in [-0.3, -0.25) is 14.6 Å². The number of nitrogens with zero attached hydrogens (tertiary/aromatic N) is 1. The van der Waals surface area contributed by atoms with Crippen LogP contribution in [0.15, 0.2) is 24.5 Å². The molecule has 0 spiro atoms. The molecule has 0 aliphatic heterocycles. The van der Waals surface area contributed by atoms with E-state index in [2.05, 4.69) is 15.6 Å². The Morgan fingerprint density at radius 2 is 2.06 bits per heavy atom. The van der Waals surface area contributed by atoms with Crippen LogP contribution < -0.4 is 10.6 Å². The SMILES string of the molecule is CC(C)(C)NC(=O)CNC(=O)c1cccnc1. The second-order valence-electron chi connectivity index (χ2n) is 4.72. The molecule has 5 nitrogen and oxygen atoms in total. The van der Waals surface area contributed by atoms with Crippen LogP contribution in [-0.4, -0.2) is 28.9 Å². The van der Waals surface area contributed by atoms with Gasteiger partial charge in [-0.2, -0.15) is 0 Å². The van der Waals surface area contributed by atoms with E-state index in [1.807, 2.05) is 20.8 Å². The third kappa shape index (κ3) is 5.10. The van der Waals surface area contributed by atoms with Crippen molar-refractivity contribution in [3.05, 3.63) is 30.1 Å². The van der Waals surface area contributed by atoms with Gasteiger partial charge in [0.1, 0.15) is 0 Å². The molecule has 1 heterocycles. The van der Waals surface area contributed by atoms with Crippen molar-refractivity contribution in [2.45, 2.75) is 26.3 Å². The summed E-state index contributed by atoms with van der Waals surface area (Å²) in [5, 5.41) is 5.29. The number of hydrogen-bond donors (Lipinski definition) is 2. The molecule has 1 rings (SSSR count). The number of carbonyl (C=O) groups is 2. The molecule has 1 aromatic heterocycles. The minimum atomic E-state index is -0.304. The Labute approximate surface area is 101 Å². The van der Waals surface area contributed by atoms with Crippen molar-refractivity contribution < 1.29 is 9.59 Å². The Bertz CT molecular complexity index is 396. The molecule has 0 saturated carbocycles. The summed E-state index contributed by atoms with van der Waals surface area (Å²) in [6, 6.07) is 3.31. The maximum atomic E-state index is 11.6. The standard InChI is InChI=1S/C12H17N3O2/c1-12(2,3)15-10(16)8-14-11(17)9-5-4-6-13-7-9/h4-7H,8H2,1-3H3,(H,14,17)(H,15,16). The minimum absolute atomic E-state index is 0.0367. The molecule has 92 valence electrons. The van der Waals surface area contributed by atoms with Crippen molar-refractivity contribution in [2.24, 2.45) is 0 Å². The zero-order valence-corrected chi connectivity index (χ0v) is 10.3. The lowest BCUT2D eigenvalue weighted by Gasteiger charge is -2.20. The summed E-state index contributed by atoms with van der Waals surface area (Å²) >= 11 is 0. The van der Waals surface area contributed by atoms with E-state index in [0.29, 0.717) is 5.56 Å². The van der Waals surface area contributed by atoms with Gasteiger partial charge in [0.2, 0.25) is 5.91 Å². The zero-order valence-electron chi connectivity index (χ0n) is 10.3. The molecular formula is C12H17N3O2. The summed E-state index contributed by atoms with van der Waals surface area (Å²) in [6.45, 7) is 5.61. The zero-order chi connectivity index (χ0) is 12.9. The van der Waals surface area contributed by atoms with Gasteiger partial charge in [-0.05, 0) is 32.9 Å². The molecule has 0 bridgehead atoms. The van der Waals surface area contributed by atoms with Crippen LogP contribution >= 0.6 is 0 Å². The first-order valence-electron chi connectivity index (χ1n) is 5.38. The lowest BCUT2D eigenvalue weighted by atomic mass is 10.1. The first-order chi connectivity index (χ1) is 7.88. The number of nitrogens with one attached hydrogen (secondary N) is 2. The Kier molecular flexibility index (Phi) is 4.20. The van der Waals surface area contributed by atoms with E-state index in [-0.39, 0.29) is 23.9 Å². The minimum Gasteiger partial charge on any atom is -0.350 e. The number of amides is 2. The number of rotatable bonds is 3. The van der Waals surface area contributed by atoms with E-state index in [1.165, 1.54) is 6.20 Å². The largest absolute Gasteiger partial charge is 0.350 e. The van der Waals surface area contributed by atoms with Crippen LogP contribution in [0.4, 0.5) is 0 Å². The molecule has 5 heteroatoms. The molecule has 0 atom stereocenters. The van der Waals surface area contributed by atoms with Gasteiger partial charge in [0.05, 0.1) is 12.1 Å². The Morgan fingerprint density at radius 1 is 1.35 bits per heavy atom. The van der Waals surface area contributed by atoms with E-state index in [9.17, 15) is 9.59 Å². The van der Waals surface area contributed by atoms with Crippen molar-refractivity contribution in [3.63, 3.8) is 0 Å². The fourth-order valence-corrected chi connectivity index (χ4v) is 1.22. The molecule has 0 aromatic carbocycles. The lowest BCUT2D eigenvalue weighted by molar-refractivity contribution is -0.121. The average molecular weight is 235 g/mol. The summed E-state index contributed by atoms with van der Waals surface area (Å²) in [5.74, 6) is -0.517.